The number of rotatable bonds is 12. The van der Waals surface area contributed by atoms with Crippen LogP contribution in [-0.2, 0) is 56.5 Å². The van der Waals surface area contributed by atoms with E-state index in [2.05, 4.69) is 69.1 Å². The average molecular weight is 988 g/mol. The van der Waals surface area contributed by atoms with Crippen molar-refractivity contribution in [3.8, 4) is 39.8 Å². The fraction of sp³-hybridized carbons (Fsp3) is 0.179. The van der Waals surface area contributed by atoms with Gasteiger partial charge in [-0.15, -0.1) is 90.0 Å². The Balaban J connectivity index is 0.00000625. The number of nitrogens with zero attached hydrogens (tertiary/aromatic N) is 4. The molecule has 0 bridgehead atoms. The molecule has 0 aliphatic rings. The molecule has 0 atom stereocenters. The summed E-state index contributed by atoms with van der Waals surface area (Å²) in [6.45, 7) is 8.55. The van der Waals surface area contributed by atoms with Gasteiger partial charge in [-0.05, 0) is 99.0 Å². The Morgan fingerprint density at radius 2 is 1.21 bits per heavy atom. The molecule has 0 amide bonds. The molecule has 0 saturated heterocycles. The van der Waals surface area contributed by atoms with Crippen molar-refractivity contribution >= 4 is 21.9 Å². The molecule has 0 radical (unpaired) electrons. The molecular formula is C56H45IrN4O. The number of hydrogen-bond donors (Lipinski definition) is 0. The van der Waals surface area contributed by atoms with Crippen LogP contribution in [-0.4, -0.2) is 15.0 Å². The van der Waals surface area contributed by atoms with Crippen LogP contribution in [0.4, 0.5) is 0 Å². The van der Waals surface area contributed by atoms with Crippen LogP contribution in [0.15, 0.2) is 156 Å². The molecular weight excluding hydrogens is 937 g/mol. The summed E-state index contributed by atoms with van der Waals surface area (Å²) in [6.07, 6.45) is 1.10. The molecule has 9 aromatic rings. The van der Waals surface area contributed by atoms with Crippen LogP contribution in [0.5, 0.6) is 0 Å². The molecule has 0 saturated carbocycles. The Labute approximate surface area is 386 Å². The topological polar surface area (TPSA) is 75.6 Å². The van der Waals surface area contributed by atoms with Gasteiger partial charge in [0.1, 0.15) is 5.58 Å². The molecule has 9 rings (SSSR count). The number of benzene rings is 5. The predicted octanol–water partition coefficient (Wildman–Crippen LogP) is 12.9. The van der Waals surface area contributed by atoms with E-state index in [0.29, 0.717) is 40.5 Å². The van der Waals surface area contributed by atoms with Gasteiger partial charge in [0.15, 0.2) is 0 Å². The predicted molar refractivity (Wildman–Crippen MR) is 245 cm³/mol. The number of nitriles is 1. The van der Waals surface area contributed by atoms with Gasteiger partial charge >= 0.3 is 20.1 Å². The van der Waals surface area contributed by atoms with E-state index >= 15 is 0 Å². The normalized spacial score (nSPS) is 13.5. The van der Waals surface area contributed by atoms with Gasteiger partial charge in [0, 0.05) is 29.5 Å². The first-order valence-corrected chi connectivity index (χ1v) is 20.2. The Bertz CT molecular complexity index is 3200. The first-order chi connectivity index (χ1) is 32.0. The monoisotopic (exact) mass is 988 g/mol. The van der Waals surface area contributed by atoms with E-state index in [4.69, 9.17) is 17.1 Å². The third-order valence-electron chi connectivity index (χ3n) is 11.2. The number of aryl methyl sites for hydroxylation is 2. The van der Waals surface area contributed by atoms with Gasteiger partial charge in [-0.2, -0.15) is 5.26 Å². The molecule has 6 heteroatoms. The third-order valence-corrected chi connectivity index (χ3v) is 11.2. The summed E-state index contributed by atoms with van der Waals surface area (Å²) in [4.78, 5) is 14.2. The van der Waals surface area contributed by atoms with E-state index in [1.807, 2.05) is 79.1 Å². The molecule has 0 unspecified atom stereocenters. The second-order valence-corrected chi connectivity index (χ2v) is 16.6. The van der Waals surface area contributed by atoms with Crippen LogP contribution in [0.2, 0.25) is 0 Å². The standard InChI is InChI=1S/C56H45N4O.Ir/c1-55(2,45-22-26-50(59-36-45)43-12-7-5-8-13-43)32-41-28-39(29-42(30-41)33-56(3,4)46-23-27-51(60-37-46)44-14-9-6-10-15-44)19-18-38-21-25-52(58-35-38)49-17-11-16-48-47-24-20-40(34-57)31-53(47)61-54(48)49;/h5-12,14,16,20-31,35-37H,18-19,32-33H2,1-4H3;/q-3;+3/i18D2,19D2,20D,31D;. The largest absolute Gasteiger partial charge is 3.00 e. The minimum Gasteiger partial charge on any atom is -0.501 e. The minimum absolute atomic E-state index is 0. The van der Waals surface area contributed by atoms with Crippen LogP contribution < -0.4 is 0 Å². The molecule has 0 N–H and O–H groups in total. The van der Waals surface area contributed by atoms with Gasteiger partial charge in [0.05, 0.1) is 20.0 Å². The molecule has 62 heavy (non-hydrogen) atoms. The first kappa shape index (κ1) is 35.1. The number of furan rings is 1. The van der Waals surface area contributed by atoms with E-state index in [0.717, 1.165) is 44.8 Å². The number of aromatic nitrogens is 3. The van der Waals surface area contributed by atoms with Crippen molar-refractivity contribution in [2.24, 2.45) is 0 Å². The van der Waals surface area contributed by atoms with Crippen molar-refractivity contribution in [1.82, 2.24) is 15.0 Å². The van der Waals surface area contributed by atoms with Crippen LogP contribution in [0.1, 0.15) is 74.9 Å². The SMILES string of the molecule is [2H]c1cc2c(oc3c(-c4ccc(C([2H])([2H])C([2H])([2H])c5cc(CC(C)(C)c6ccc(-c7[c-]cccc7)nc6)cc(CC(C)(C)c6ccc(-c7[c-]cccc7)nc6)c5)cn4)[c-]ccc32)c([2H])c1C#N.[Ir+3]. The van der Waals surface area contributed by atoms with Crippen LogP contribution in [0.3, 0.4) is 0 Å². The van der Waals surface area contributed by atoms with Gasteiger partial charge < -0.3 is 19.4 Å². The van der Waals surface area contributed by atoms with Crippen molar-refractivity contribution in [1.29, 1.82) is 5.26 Å². The maximum absolute atomic E-state index is 9.62. The van der Waals surface area contributed by atoms with Gasteiger partial charge in [-0.3, -0.25) is 0 Å². The summed E-state index contributed by atoms with van der Waals surface area (Å²) in [5, 5.41) is 10.7. The quantitative estimate of drug-likeness (QED) is 0.114. The summed E-state index contributed by atoms with van der Waals surface area (Å²) >= 11 is 0. The second-order valence-electron chi connectivity index (χ2n) is 16.6. The van der Waals surface area contributed by atoms with E-state index in [1.54, 1.807) is 30.3 Å². The Hall–Kier alpha value is -6.51. The second kappa shape index (κ2) is 17.8. The molecule has 0 aliphatic heterocycles. The summed E-state index contributed by atoms with van der Waals surface area (Å²) in [5.74, 6) is 0. The van der Waals surface area contributed by atoms with Gasteiger partial charge in [0.2, 0.25) is 0 Å². The number of pyridine rings is 3. The summed E-state index contributed by atoms with van der Waals surface area (Å²) in [6, 6.07) is 48.7. The molecule has 0 spiro atoms. The van der Waals surface area contributed by atoms with Crippen molar-refractivity contribution in [2.45, 2.75) is 64.1 Å². The molecule has 0 fully saturated rings. The van der Waals surface area contributed by atoms with Crippen molar-refractivity contribution < 1.29 is 32.7 Å². The van der Waals surface area contributed by atoms with Gasteiger partial charge in [-0.1, -0.05) is 99.3 Å². The van der Waals surface area contributed by atoms with E-state index in [-0.39, 0.29) is 54.5 Å². The summed E-state index contributed by atoms with van der Waals surface area (Å²) in [7, 11) is 0. The third kappa shape index (κ3) is 9.07. The Morgan fingerprint density at radius 1 is 0.629 bits per heavy atom. The molecule has 0 aliphatic carbocycles. The Morgan fingerprint density at radius 3 is 1.74 bits per heavy atom. The zero-order valence-corrected chi connectivity index (χ0v) is 37.1. The molecule has 5 nitrogen and oxygen atoms in total. The fourth-order valence-electron chi connectivity index (χ4n) is 7.90. The maximum Gasteiger partial charge on any atom is 3.00 e. The minimum atomic E-state index is -2.55. The molecule has 5 aromatic carbocycles. The number of hydrogen-bond acceptors (Lipinski definition) is 5. The summed E-state index contributed by atoms with van der Waals surface area (Å²) in [5.41, 5.74) is 7.86. The number of fused-ring (bicyclic) bond motifs is 3. The molecule has 4 aromatic heterocycles. The average Bonchev–Trinajstić information content (AvgIpc) is 3.71. The summed E-state index contributed by atoms with van der Waals surface area (Å²) < 4.78 is 61.1. The molecule has 304 valence electrons. The zero-order chi connectivity index (χ0) is 47.3. The van der Waals surface area contributed by atoms with Crippen molar-refractivity contribution in [2.75, 3.05) is 0 Å². The zero-order valence-electron chi connectivity index (χ0n) is 40.7. The van der Waals surface area contributed by atoms with Crippen molar-refractivity contribution in [3.05, 3.63) is 209 Å². The fourth-order valence-corrected chi connectivity index (χ4v) is 7.90. The van der Waals surface area contributed by atoms with Crippen molar-refractivity contribution in [3.63, 3.8) is 0 Å². The van der Waals surface area contributed by atoms with Crippen LogP contribution in [0.25, 0.3) is 55.7 Å². The maximum atomic E-state index is 9.62. The van der Waals surface area contributed by atoms with E-state index < -0.39 is 23.6 Å². The first-order valence-electron chi connectivity index (χ1n) is 23.2. The Kier molecular flexibility index (Phi) is 10.1. The van der Waals surface area contributed by atoms with E-state index in [9.17, 15) is 10.7 Å². The smallest absolute Gasteiger partial charge is 0.501 e. The van der Waals surface area contributed by atoms with Crippen LogP contribution in [0, 0.1) is 29.5 Å². The molecule has 4 heterocycles. The van der Waals surface area contributed by atoms with Gasteiger partial charge in [-0.25, -0.2) is 0 Å². The van der Waals surface area contributed by atoms with Gasteiger partial charge in [0.25, 0.3) is 0 Å². The van der Waals surface area contributed by atoms with E-state index in [1.165, 1.54) is 18.3 Å². The van der Waals surface area contributed by atoms with Crippen LogP contribution >= 0.6 is 0 Å².